The smallest absolute Gasteiger partial charge is 0.237 e. The van der Waals surface area contributed by atoms with Gasteiger partial charge in [0, 0.05) is 6.04 Å². The Morgan fingerprint density at radius 1 is 1.17 bits per heavy atom. The molecule has 5 nitrogen and oxygen atoms in total. The standard InChI is InChI=1S/C19H23N3O2/c23-17(20-15-9-4-5-10-15)13-16-21-18(24-22-16)19(11-6-12-19)14-7-2-1-3-8-14/h1-3,7-8,15H,4-6,9-13H2,(H,20,23). The fourth-order valence-electron chi connectivity index (χ4n) is 3.93. The lowest BCUT2D eigenvalue weighted by molar-refractivity contribution is -0.121. The molecule has 2 saturated carbocycles. The molecule has 1 heterocycles. The van der Waals surface area contributed by atoms with E-state index in [0.717, 1.165) is 32.1 Å². The van der Waals surface area contributed by atoms with Crippen molar-refractivity contribution in [3.63, 3.8) is 0 Å². The largest absolute Gasteiger partial charge is 0.353 e. The minimum absolute atomic E-state index is 0.00313. The van der Waals surface area contributed by atoms with Crippen LogP contribution in [0.4, 0.5) is 0 Å². The van der Waals surface area contributed by atoms with Crippen molar-refractivity contribution in [1.82, 2.24) is 15.5 Å². The van der Waals surface area contributed by atoms with E-state index in [9.17, 15) is 4.79 Å². The predicted octanol–water partition coefficient (Wildman–Crippen LogP) is 3.14. The topological polar surface area (TPSA) is 68.0 Å². The molecule has 5 heteroatoms. The molecule has 2 fully saturated rings. The van der Waals surface area contributed by atoms with E-state index in [1.165, 1.54) is 18.4 Å². The first-order chi connectivity index (χ1) is 11.8. The SMILES string of the molecule is O=C(Cc1noc(C2(c3ccccc3)CCC2)n1)NC1CCCC1. The van der Waals surface area contributed by atoms with Crippen molar-refractivity contribution in [2.45, 2.75) is 62.8 Å². The molecule has 24 heavy (non-hydrogen) atoms. The van der Waals surface area contributed by atoms with Crippen molar-refractivity contribution < 1.29 is 9.32 Å². The summed E-state index contributed by atoms with van der Waals surface area (Å²) in [6, 6.07) is 10.7. The molecule has 0 spiro atoms. The van der Waals surface area contributed by atoms with Crippen LogP contribution >= 0.6 is 0 Å². The van der Waals surface area contributed by atoms with Gasteiger partial charge in [-0.25, -0.2) is 0 Å². The molecule has 2 aliphatic carbocycles. The predicted molar refractivity (Wildman–Crippen MR) is 89.5 cm³/mol. The van der Waals surface area contributed by atoms with Gasteiger partial charge in [-0.05, 0) is 31.2 Å². The molecule has 2 aromatic rings. The zero-order valence-corrected chi connectivity index (χ0v) is 13.8. The third kappa shape index (κ3) is 2.83. The lowest BCUT2D eigenvalue weighted by Crippen LogP contribution is -2.36. The van der Waals surface area contributed by atoms with Crippen molar-refractivity contribution in [2.75, 3.05) is 0 Å². The molecule has 126 valence electrons. The third-order valence-corrected chi connectivity index (χ3v) is 5.45. The summed E-state index contributed by atoms with van der Waals surface area (Å²) in [6.07, 6.45) is 7.98. The molecular weight excluding hydrogens is 302 g/mol. The molecule has 0 aliphatic heterocycles. The highest BCUT2D eigenvalue weighted by Gasteiger charge is 2.45. The van der Waals surface area contributed by atoms with Crippen LogP contribution in [0.1, 0.15) is 62.2 Å². The van der Waals surface area contributed by atoms with Crippen LogP contribution in [0, 0.1) is 0 Å². The molecule has 0 radical (unpaired) electrons. The summed E-state index contributed by atoms with van der Waals surface area (Å²) >= 11 is 0. The number of nitrogens with one attached hydrogen (secondary N) is 1. The minimum atomic E-state index is -0.158. The van der Waals surface area contributed by atoms with Gasteiger partial charge in [-0.15, -0.1) is 0 Å². The van der Waals surface area contributed by atoms with E-state index < -0.39 is 0 Å². The zero-order valence-electron chi connectivity index (χ0n) is 13.8. The zero-order chi connectivity index (χ0) is 16.4. The van der Waals surface area contributed by atoms with Gasteiger partial charge in [-0.3, -0.25) is 4.79 Å². The highest BCUT2D eigenvalue weighted by atomic mass is 16.5. The summed E-state index contributed by atoms with van der Waals surface area (Å²) in [6.45, 7) is 0. The second kappa shape index (κ2) is 6.38. The maximum Gasteiger partial charge on any atom is 0.237 e. The van der Waals surface area contributed by atoms with Crippen molar-refractivity contribution in [2.24, 2.45) is 0 Å². The summed E-state index contributed by atoms with van der Waals surface area (Å²) in [5.74, 6) is 1.14. The number of nitrogens with zero attached hydrogens (tertiary/aromatic N) is 2. The first kappa shape index (κ1) is 15.4. The van der Waals surface area contributed by atoms with Gasteiger partial charge in [0.2, 0.25) is 11.8 Å². The Morgan fingerprint density at radius 2 is 1.92 bits per heavy atom. The van der Waals surface area contributed by atoms with Crippen LogP contribution in [-0.2, 0) is 16.6 Å². The molecule has 1 aromatic carbocycles. The molecular formula is C19H23N3O2. The maximum atomic E-state index is 12.1. The molecule has 2 aliphatic rings. The number of carbonyl (C=O) groups is 1. The van der Waals surface area contributed by atoms with E-state index >= 15 is 0 Å². The number of carbonyl (C=O) groups excluding carboxylic acids is 1. The van der Waals surface area contributed by atoms with Crippen LogP contribution in [0.15, 0.2) is 34.9 Å². The van der Waals surface area contributed by atoms with Crippen molar-refractivity contribution in [3.8, 4) is 0 Å². The highest BCUT2D eigenvalue weighted by Crippen LogP contribution is 2.48. The minimum Gasteiger partial charge on any atom is -0.353 e. The van der Waals surface area contributed by atoms with Gasteiger partial charge in [0.25, 0.3) is 0 Å². The molecule has 4 rings (SSSR count). The molecule has 0 bridgehead atoms. The van der Waals surface area contributed by atoms with E-state index in [1.54, 1.807) is 0 Å². The summed E-state index contributed by atoms with van der Waals surface area (Å²) in [4.78, 5) is 16.7. The Labute approximate surface area is 141 Å². The first-order valence-electron chi connectivity index (χ1n) is 8.94. The molecule has 0 atom stereocenters. The number of hydrogen-bond donors (Lipinski definition) is 1. The summed E-state index contributed by atoms with van der Waals surface area (Å²) in [5, 5.41) is 7.13. The first-order valence-corrected chi connectivity index (χ1v) is 8.94. The third-order valence-electron chi connectivity index (χ3n) is 5.45. The van der Waals surface area contributed by atoms with Gasteiger partial charge in [-0.1, -0.05) is 54.8 Å². The molecule has 1 amide bonds. The molecule has 0 unspecified atom stereocenters. The second-order valence-electron chi connectivity index (χ2n) is 7.04. The average molecular weight is 325 g/mol. The average Bonchev–Trinajstić information content (AvgIpc) is 3.20. The van der Waals surface area contributed by atoms with E-state index in [0.29, 0.717) is 17.8 Å². The number of rotatable bonds is 5. The van der Waals surface area contributed by atoms with Gasteiger partial charge in [0.05, 0.1) is 11.8 Å². The van der Waals surface area contributed by atoms with Crippen molar-refractivity contribution in [3.05, 3.63) is 47.6 Å². The number of amides is 1. The van der Waals surface area contributed by atoms with Gasteiger partial charge in [-0.2, -0.15) is 4.98 Å². The normalized spacial score (nSPS) is 19.8. The Hall–Kier alpha value is -2.17. The van der Waals surface area contributed by atoms with Crippen LogP contribution in [-0.4, -0.2) is 22.1 Å². The van der Waals surface area contributed by atoms with Crippen molar-refractivity contribution >= 4 is 5.91 Å². The monoisotopic (exact) mass is 325 g/mol. The Morgan fingerprint density at radius 3 is 2.58 bits per heavy atom. The van der Waals surface area contributed by atoms with Crippen LogP contribution < -0.4 is 5.32 Å². The van der Waals surface area contributed by atoms with Crippen LogP contribution in [0.25, 0.3) is 0 Å². The lowest BCUT2D eigenvalue weighted by atomic mass is 9.64. The highest BCUT2D eigenvalue weighted by molar-refractivity contribution is 5.78. The number of benzene rings is 1. The maximum absolute atomic E-state index is 12.1. The summed E-state index contributed by atoms with van der Waals surface area (Å²) < 4.78 is 5.56. The van der Waals surface area contributed by atoms with E-state index in [2.05, 4.69) is 27.6 Å². The second-order valence-corrected chi connectivity index (χ2v) is 7.04. The van der Waals surface area contributed by atoms with Gasteiger partial charge < -0.3 is 9.84 Å². The van der Waals surface area contributed by atoms with Crippen LogP contribution in [0.2, 0.25) is 0 Å². The van der Waals surface area contributed by atoms with E-state index in [4.69, 9.17) is 4.52 Å². The molecule has 1 N–H and O–H groups in total. The van der Waals surface area contributed by atoms with Crippen molar-refractivity contribution in [1.29, 1.82) is 0 Å². The van der Waals surface area contributed by atoms with Gasteiger partial charge in [0.1, 0.15) is 0 Å². The van der Waals surface area contributed by atoms with E-state index in [1.807, 2.05) is 18.2 Å². The number of hydrogen-bond acceptors (Lipinski definition) is 4. The Kier molecular flexibility index (Phi) is 4.08. The molecule has 1 aromatic heterocycles. The number of aromatic nitrogens is 2. The Balaban J connectivity index is 1.47. The van der Waals surface area contributed by atoms with Crippen LogP contribution in [0.3, 0.4) is 0 Å². The van der Waals surface area contributed by atoms with Crippen LogP contribution in [0.5, 0.6) is 0 Å². The van der Waals surface area contributed by atoms with Gasteiger partial charge >= 0.3 is 0 Å². The quantitative estimate of drug-likeness (QED) is 0.917. The lowest BCUT2D eigenvalue weighted by Gasteiger charge is -2.38. The fourth-order valence-corrected chi connectivity index (χ4v) is 3.93. The summed E-state index contributed by atoms with van der Waals surface area (Å²) in [5.41, 5.74) is 1.07. The summed E-state index contributed by atoms with van der Waals surface area (Å²) in [7, 11) is 0. The Bertz CT molecular complexity index is 700. The fraction of sp³-hybridized carbons (Fsp3) is 0.526. The molecule has 0 saturated heterocycles. The van der Waals surface area contributed by atoms with Gasteiger partial charge in [0.15, 0.2) is 5.82 Å². The van der Waals surface area contributed by atoms with E-state index in [-0.39, 0.29) is 17.7 Å².